The van der Waals surface area contributed by atoms with Crippen molar-refractivity contribution in [1.29, 1.82) is 0 Å². The molecule has 20 heavy (non-hydrogen) atoms. The summed E-state index contributed by atoms with van der Waals surface area (Å²) < 4.78 is 0. The zero-order valence-corrected chi connectivity index (χ0v) is 13.0. The van der Waals surface area contributed by atoms with E-state index in [1.165, 1.54) is 34.2 Å². The molecule has 2 aromatic carbocycles. The van der Waals surface area contributed by atoms with Gasteiger partial charge < -0.3 is 5.32 Å². The van der Waals surface area contributed by atoms with Crippen LogP contribution < -0.4 is 5.32 Å². The summed E-state index contributed by atoms with van der Waals surface area (Å²) >= 11 is 0. The van der Waals surface area contributed by atoms with E-state index in [0.29, 0.717) is 0 Å². The molecule has 0 spiro atoms. The standard InChI is InChI=1S/C19H25N/c1-5-8-16-10-7-11-17(13-16)19(20-4)18-12-6-9-14(2)15(18)3/h6-7,9-13,19-20H,5,8H2,1-4H3. The summed E-state index contributed by atoms with van der Waals surface area (Å²) in [4.78, 5) is 0. The van der Waals surface area contributed by atoms with Crippen molar-refractivity contribution in [3.63, 3.8) is 0 Å². The smallest absolute Gasteiger partial charge is 0.0577 e. The zero-order chi connectivity index (χ0) is 14.5. The van der Waals surface area contributed by atoms with Crippen molar-refractivity contribution >= 4 is 0 Å². The third-order valence-corrected chi connectivity index (χ3v) is 4.07. The topological polar surface area (TPSA) is 12.0 Å². The number of rotatable bonds is 5. The predicted molar refractivity (Wildman–Crippen MR) is 87.3 cm³/mol. The Balaban J connectivity index is 2.41. The van der Waals surface area contributed by atoms with Gasteiger partial charge in [-0.3, -0.25) is 0 Å². The zero-order valence-electron chi connectivity index (χ0n) is 13.0. The summed E-state index contributed by atoms with van der Waals surface area (Å²) in [6, 6.07) is 15.8. The molecular formula is C19H25N. The molecule has 1 atom stereocenters. The minimum Gasteiger partial charge on any atom is -0.309 e. The van der Waals surface area contributed by atoms with Gasteiger partial charge in [-0.15, -0.1) is 0 Å². The van der Waals surface area contributed by atoms with E-state index in [0.717, 1.165) is 6.42 Å². The quantitative estimate of drug-likeness (QED) is 0.837. The Kier molecular flexibility index (Phi) is 4.97. The lowest BCUT2D eigenvalue weighted by Crippen LogP contribution is -2.19. The van der Waals surface area contributed by atoms with Crippen molar-refractivity contribution in [2.45, 2.75) is 39.7 Å². The van der Waals surface area contributed by atoms with Crippen LogP contribution in [-0.4, -0.2) is 7.05 Å². The van der Waals surface area contributed by atoms with Crippen molar-refractivity contribution in [3.05, 3.63) is 70.3 Å². The van der Waals surface area contributed by atoms with Crippen LogP contribution in [0.5, 0.6) is 0 Å². The highest BCUT2D eigenvalue weighted by Gasteiger charge is 2.15. The van der Waals surface area contributed by atoms with Crippen molar-refractivity contribution < 1.29 is 0 Å². The molecule has 1 unspecified atom stereocenters. The van der Waals surface area contributed by atoms with Crippen molar-refractivity contribution in [3.8, 4) is 0 Å². The van der Waals surface area contributed by atoms with Crippen molar-refractivity contribution in [2.75, 3.05) is 7.05 Å². The molecule has 0 aliphatic rings. The van der Waals surface area contributed by atoms with Gasteiger partial charge >= 0.3 is 0 Å². The molecule has 0 heterocycles. The molecule has 106 valence electrons. The lowest BCUT2D eigenvalue weighted by atomic mass is 9.91. The second kappa shape index (κ2) is 6.71. The fourth-order valence-electron chi connectivity index (χ4n) is 2.81. The summed E-state index contributed by atoms with van der Waals surface area (Å²) in [6.07, 6.45) is 2.34. The van der Waals surface area contributed by atoms with Crippen LogP contribution in [0, 0.1) is 13.8 Å². The van der Waals surface area contributed by atoms with Gasteiger partial charge in [0.15, 0.2) is 0 Å². The van der Waals surface area contributed by atoms with Gasteiger partial charge in [-0.1, -0.05) is 55.8 Å². The van der Waals surface area contributed by atoms with E-state index in [-0.39, 0.29) is 6.04 Å². The van der Waals surface area contributed by atoms with E-state index >= 15 is 0 Å². The number of benzene rings is 2. The average molecular weight is 267 g/mol. The first kappa shape index (κ1) is 14.8. The fourth-order valence-corrected chi connectivity index (χ4v) is 2.81. The van der Waals surface area contributed by atoms with Gasteiger partial charge in [0.25, 0.3) is 0 Å². The van der Waals surface area contributed by atoms with E-state index < -0.39 is 0 Å². The predicted octanol–water partition coefficient (Wildman–Crippen LogP) is 4.56. The van der Waals surface area contributed by atoms with Crippen LogP contribution in [0.25, 0.3) is 0 Å². The first-order chi connectivity index (χ1) is 9.67. The van der Waals surface area contributed by atoms with Gasteiger partial charge in [-0.2, -0.15) is 0 Å². The summed E-state index contributed by atoms with van der Waals surface area (Å²) in [5.74, 6) is 0. The van der Waals surface area contributed by atoms with Gasteiger partial charge in [-0.05, 0) is 55.1 Å². The minimum absolute atomic E-state index is 0.270. The second-order valence-corrected chi connectivity index (χ2v) is 5.51. The lowest BCUT2D eigenvalue weighted by Gasteiger charge is -2.21. The van der Waals surface area contributed by atoms with Crippen LogP contribution in [0.2, 0.25) is 0 Å². The first-order valence-corrected chi connectivity index (χ1v) is 7.49. The molecule has 0 aromatic heterocycles. The van der Waals surface area contributed by atoms with Crippen LogP contribution in [-0.2, 0) is 6.42 Å². The summed E-state index contributed by atoms with van der Waals surface area (Å²) in [7, 11) is 2.04. The monoisotopic (exact) mass is 267 g/mol. The Labute approximate surface area is 123 Å². The third-order valence-electron chi connectivity index (χ3n) is 4.07. The van der Waals surface area contributed by atoms with Gasteiger partial charge in [0, 0.05) is 0 Å². The molecule has 0 bridgehead atoms. The van der Waals surface area contributed by atoms with E-state index in [4.69, 9.17) is 0 Å². The number of hydrogen-bond donors (Lipinski definition) is 1. The Bertz CT molecular complexity index is 572. The molecule has 0 aliphatic heterocycles. The molecule has 0 fully saturated rings. The average Bonchev–Trinajstić information content (AvgIpc) is 2.45. The molecule has 1 N–H and O–H groups in total. The highest BCUT2D eigenvalue weighted by Crippen LogP contribution is 2.27. The molecular weight excluding hydrogens is 242 g/mol. The van der Waals surface area contributed by atoms with Gasteiger partial charge in [0.2, 0.25) is 0 Å². The first-order valence-electron chi connectivity index (χ1n) is 7.49. The molecule has 2 aromatic rings. The molecule has 2 rings (SSSR count). The number of aryl methyl sites for hydroxylation is 2. The van der Waals surface area contributed by atoms with E-state index in [9.17, 15) is 0 Å². The number of hydrogen-bond acceptors (Lipinski definition) is 1. The normalized spacial score (nSPS) is 12.4. The molecule has 0 amide bonds. The molecule has 0 aliphatic carbocycles. The maximum Gasteiger partial charge on any atom is 0.0577 e. The minimum atomic E-state index is 0.270. The van der Waals surface area contributed by atoms with Crippen LogP contribution >= 0.6 is 0 Å². The molecule has 1 heteroatoms. The Morgan fingerprint density at radius 3 is 2.50 bits per heavy atom. The molecule has 1 nitrogen and oxygen atoms in total. The fraction of sp³-hybridized carbons (Fsp3) is 0.368. The number of nitrogens with one attached hydrogen (secondary N) is 1. The maximum atomic E-state index is 3.47. The largest absolute Gasteiger partial charge is 0.309 e. The lowest BCUT2D eigenvalue weighted by molar-refractivity contribution is 0.685. The Morgan fingerprint density at radius 2 is 1.80 bits per heavy atom. The highest BCUT2D eigenvalue weighted by atomic mass is 14.9. The van der Waals surface area contributed by atoms with Gasteiger partial charge in [0.05, 0.1) is 6.04 Å². The van der Waals surface area contributed by atoms with Crippen molar-refractivity contribution in [1.82, 2.24) is 5.32 Å². The van der Waals surface area contributed by atoms with E-state index in [1.54, 1.807) is 0 Å². The SMILES string of the molecule is CCCc1cccc(C(NC)c2cccc(C)c2C)c1. The summed E-state index contributed by atoms with van der Waals surface area (Å²) in [5.41, 5.74) is 6.89. The molecule has 0 radical (unpaired) electrons. The Hall–Kier alpha value is -1.60. The third kappa shape index (κ3) is 3.10. The van der Waals surface area contributed by atoms with Crippen LogP contribution in [0.15, 0.2) is 42.5 Å². The summed E-state index contributed by atoms with van der Waals surface area (Å²) in [6.45, 7) is 6.62. The molecule has 0 saturated carbocycles. The van der Waals surface area contributed by atoms with Gasteiger partial charge in [0.1, 0.15) is 0 Å². The Morgan fingerprint density at radius 1 is 1.05 bits per heavy atom. The van der Waals surface area contributed by atoms with Crippen LogP contribution in [0.1, 0.15) is 47.2 Å². The van der Waals surface area contributed by atoms with Gasteiger partial charge in [-0.25, -0.2) is 0 Å². The van der Waals surface area contributed by atoms with E-state index in [1.807, 2.05) is 7.05 Å². The maximum absolute atomic E-state index is 3.47. The van der Waals surface area contributed by atoms with Crippen LogP contribution in [0.4, 0.5) is 0 Å². The molecule has 0 saturated heterocycles. The van der Waals surface area contributed by atoms with Crippen molar-refractivity contribution in [2.24, 2.45) is 0 Å². The highest BCUT2D eigenvalue weighted by molar-refractivity contribution is 5.41. The van der Waals surface area contributed by atoms with Crippen LogP contribution in [0.3, 0.4) is 0 Å². The summed E-state index contributed by atoms with van der Waals surface area (Å²) in [5, 5.41) is 3.47. The van der Waals surface area contributed by atoms with E-state index in [2.05, 4.69) is 68.6 Å². The second-order valence-electron chi connectivity index (χ2n) is 5.51.